The highest BCUT2D eigenvalue weighted by atomic mass is 35.5. The van der Waals surface area contributed by atoms with Crippen molar-refractivity contribution in [3.63, 3.8) is 0 Å². The lowest BCUT2D eigenvalue weighted by atomic mass is 9.93. The number of hydrogen-bond donors (Lipinski definition) is 10. The fourth-order valence-corrected chi connectivity index (χ4v) is 15.1. The number of amides is 15. The molecule has 2 unspecified atom stereocenters. The molecule has 7 heterocycles. The van der Waals surface area contributed by atoms with E-state index in [0.29, 0.717) is 45.5 Å². The number of benzene rings is 4. The molecule has 0 aromatic heterocycles. The maximum atomic E-state index is 13.1. The fourth-order valence-electron chi connectivity index (χ4n) is 14.0. The summed E-state index contributed by atoms with van der Waals surface area (Å²) in [5, 5.41) is 24.0. The number of urea groups is 6. The first-order valence-corrected chi connectivity index (χ1v) is 33.3. The summed E-state index contributed by atoms with van der Waals surface area (Å²) in [5.41, 5.74) is -2.86. The molecule has 22 nitrogen and oxygen atoms in total. The zero-order valence-corrected chi connectivity index (χ0v) is 56.9. The second-order valence-electron chi connectivity index (χ2n) is 26.6. The van der Waals surface area contributed by atoms with Crippen molar-refractivity contribution in [3.8, 4) is 0 Å². The Morgan fingerprint density at radius 2 is 0.657 bits per heavy atom. The number of carbonyl (C=O) groups is 9. The highest BCUT2D eigenvalue weighted by Crippen LogP contribution is 2.48. The number of fused-ring (bicyclic) bond motifs is 4. The van der Waals surface area contributed by atoms with E-state index in [1.807, 2.05) is 6.92 Å². The van der Waals surface area contributed by atoms with E-state index in [4.69, 9.17) is 46.4 Å². The van der Waals surface area contributed by atoms with E-state index in [2.05, 4.69) is 53.2 Å². The highest BCUT2D eigenvalue weighted by Gasteiger charge is 2.59. The molecule has 7 aliphatic heterocycles. The summed E-state index contributed by atoms with van der Waals surface area (Å²) in [6, 6.07) is 3.91. The van der Waals surface area contributed by atoms with Crippen molar-refractivity contribution in [2.45, 2.75) is 158 Å². The predicted octanol–water partition coefficient (Wildman–Crippen LogP) is 12.3. The van der Waals surface area contributed by atoms with Crippen molar-refractivity contribution in [3.05, 3.63) is 135 Å². The van der Waals surface area contributed by atoms with E-state index in [9.17, 15) is 95.8 Å². The third-order valence-electron chi connectivity index (χ3n) is 20.0. The van der Waals surface area contributed by atoms with E-state index in [1.165, 1.54) is 39.0 Å². The van der Waals surface area contributed by atoms with Gasteiger partial charge in [0, 0.05) is 32.2 Å². The van der Waals surface area contributed by atoms with Crippen LogP contribution in [0.3, 0.4) is 0 Å². The molecule has 15 amide bonds. The van der Waals surface area contributed by atoms with Crippen LogP contribution in [0.2, 0.25) is 20.1 Å². The molecule has 0 radical (unpaired) electrons. The Kier molecular flexibility index (Phi) is 19.9. The number of halogens is 16. The second-order valence-corrected chi connectivity index (χ2v) is 28.2. The Labute approximate surface area is 592 Å². The molecule has 38 heteroatoms. The van der Waals surface area contributed by atoms with Crippen molar-refractivity contribution in [2.75, 3.05) is 19.6 Å². The van der Waals surface area contributed by atoms with Crippen LogP contribution in [-0.4, -0.2) is 105 Å². The second kappa shape index (κ2) is 27.1. The van der Waals surface area contributed by atoms with E-state index >= 15 is 0 Å². The first-order valence-electron chi connectivity index (χ1n) is 31.8. The van der Waals surface area contributed by atoms with Gasteiger partial charge in [0.25, 0.3) is 17.7 Å². The highest BCUT2D eigenvalue weighted by molar-refractivity contribution is 6.32. The number of carbonyl (C=O) groups excluding carboxylic acids is 9. The Bertz CT molecular complexity index is 3830. The molecule has 6 fully saturated rings. The summed E-state index contributed by atoms with van der Waals surface area (Å²) in [6.45, 7) is 7.28. The largest absolute Gasteiger partial charge is 0.417 e. The van der Waals surface area contributed by atoms with Crippen LogP contribution in [0.5, 0.6) is 0 Å². The van der Waals surface area contributed by atoms with Crippen molar-refractivity contribution in [1.29, 1.82) is 0 Å². The smallest absolute Gasteiger partial charge is 0.335 e. The monoisotopic (exact) mass is 1530 g/mol. The maximum Gasteiger partial charge on any atom is 0.417 e. The van der Waals surface area contributed by atoms with Gasteiger partial charge in [-0.2, -0.15) is 52.7 Å². The van der Waals surface area contributed by atoms with Gasteiger partial charge in [-0.25, -0.2) is 28.8 Å². The molecule has 3 aliphatic carbocycles. The van der Waals surface area contributed by atoms with Gasteiger partial charge in [0.1, 0.15) is 16.6 Å². The molecule has 0 spiro atoms. The van der Waals surface area contributed by atoms with Crippen LogP contribution in [-0.2, 0) is 65.3 Å². The zero-order valence-electron chi connectivity index (χ0n) is 53.9. The lowest BCUT2D eigenvalue weighted by Gasteiger charge is -2.29. The number of imide groups is 3. The summed E-state index contributed by atoms with van der Waals surface area (Å²) in [6.07, 6.45) is -13.6. The number of nitrogens with zero attached hydrogens (tertiary/aromatic N) is 3. The van der Waals surface area contributed by atoms with Gasteiger partial charge in [0.15, 0.2) is 0 Å². The Hall–Kier alpha value is -8.21. The van der Waals surface area contributed by atoms with Gasteiger partial charge in [-0.15, -0.1) is 0 Å². The minimum absolute atomic E-state index is 0.0432. The van der Waals surface area contributed by atoms with Crippen molar-refractivity contribution in [1.82, 2.24) is 67.9 Å². The molecule has 14 rings (SSSR count). The Morgan fingerprint density at radius 1 is 0.412 bits per heavy atom. The van der Waals surface area contributed by atoms with Crippen LogP contribution < -0.4 is 53.2 Å². The average molecular weight is 1530 g/mol. The van der Waals surface area contributed by atoms with E-state index < -0.39 is 151 Å². The van der Waals surface area contributed by atoms with Gasteiger partial charge in [-0.1, -0.05) is 46.4 Å². The lowest BCUT2D eigenvalue weighted by Crippen LogP contribution is -2.58. The predicted molar refractivity (Wildman–Crippen MR) is 340 cm³/mol. The van der Waals surface area contributed by atoms with Gasteiger partial charge in [-0.05, 0) is 177 Å². The van der Waals surface area contributed by atoms with Crippen LogP contribution in [0.25, 0.3) is 0 Å². The molecule has 10 aliphatic rings. The van der Waals surface area contributed by atoms with Gasteiger partial charge in [0.05, 0.1) is 80.1 Å². The van der Waals surface area contributed by atoms with Crippen LogP contribution in [0.15, 0.2) is 48.5 Å². The molecule has 3 saturated carbocycles. The molecule has 3 saturated heterocycles. The van der Waals surface area contributed by atoms with Crippen LogP contribution in [0, 0.1) is 17.8 Å². The molecular weight excluding hydrogens is 1460 g/mol. The number of rotatable bonds is 9. The third kappa shape index (κ3) is 14.7. The lowest BCUT2D eigenvalue weighted by molar-refractivity contribution is -0.138. The Morgan fingerprint density at radius 3 is 0.882 bits per heavy atom. The summed E-state index contributed by atoms with van der Waals surface area (Å²) < 4.78 is 156. The van der Waals surface area contributed by atoms with Crippen molar-refractivity contribution in [2.24, 2.45) is 17.8 Å². The van der Waals surface area contributed by atoms with E-state index in [0.717, 1.165) is 68.4 Å². The first kappa shape index (κ1) is 75.0. The summed E-state index contributed by atoms with van der Waals surface area (Å²) >= 11 is 22.9. The van der Waals surface area contributed by atoms with Gasteiger partial charge < -0.3 is 51.9 Å². The van der Waals surface area contributed by atoms with Crippen LogP contribution >= 0.6 is 46.4 Å². The van der Waals surface area contributed by atoms with Gasteiger partial charge in [-0.3, -0.25) is 30.3 Å². The number of alkyl halides is 12. The summed E-state index contributed by atoms with van der Waals surface area (Å²) in [4.78, 5) is 114. The van der Waals surface area contributed by atoms with Gasteiger partial charge >= 0.3 is 60.9 Å². The normalized spacial score (nSPS) is 25.4. The molecule has 10 N–H and O–H groups in total. The molecular formula is C64H63Cl4F12N13O9. The fraction of sp³-hybridized carbons (Fsp3) is 0.484. The first-order chi connectivity index (χ1) is 47.5. The molecule has 102 heavy (non-hydrogen) atoms. The van der Waals surface area contributed by atoms with Gasteiger partial charge in [0.2, 0.25) is 0 Å². The standard InChI is InChI=1S/3C18H18ClF3N4O3.C10H9ClF3N/c3*1-8-11-5-12(18(20,21)22)13(19)4-9(11)6-26(8)16(29)23-7-17(10-2-3-10)14(27)24-15(28)25-17;1-5-7-3-8(10(12,13)14)9(11)2-6(7)4-15-5/h3*4-5,8,10H,2-3,6-7H2,1H3,(H,23,29)(H2,24,25,27,28);2-3,5,15H,4H2,1H3/t8?,17-;8-,17+;8-,17-;/m010./s1. The van der Waals surface area contributed by atoms with E-state index in [-0.39, 0.29) is 68.1 Å². The molecule has 7 atom stereocenters. The summed E-state index contributed by atoms with van der Waals surface area (Å²) in [5.74, 6) is -1.62. The quantitative estimate of drug-likeness (QED) is 0.0559. The molecule has 0 bridgehead atoms. The SMILES string of the molecule is CC1NCc2cc(Cl)c(C(F)(F)F)cc21.CC1c2cc(C(F)(F)F)c(Cl)cc2CN1C(=O)NC[C@@]1(C2CC2)NC(=O)NC1=O.C[C@@H]1c2cc(C(F)(F)F)c(Cl)cc2CN1C(=O)NC[C@@]1(C2CC2)NC(=O)NC1=O.C[C@H]1c2cc(C(F)(F)F)c(Cl)cc2CN1C(=O)NC[C@@]1(C2CC2)NC(=O)NC1=O. The minimum Gasteiger partial charge on any atom is -0.335 e. The molecule has 550 valence electrons. The van der Waals surface area contributed by atoms with Crippen molar-refractivity contribution >= 4 is 100 Å². The van der Waals surface area contributed by atoms with E-state index in [1.54, 1.807) is 20.8 Å². The topological polar surface area (TPSA) is 284 Å². The molecule has 4 aromatic carbocycles. The number of hydrogen-bond acceptors (Lipinski definition) is 10. The zero-order chi connectivity index (χ0) is 74.6. The van der Waals surface area contributed by atoms with Crippen LogP contribution in [0.1, 0.15) is 157 Å². The maximum absolute atomic E-state index is 13.1. The van der Waals surface area contributed by atoms with Crippen molar-refractivity contribution < 1.29 is 95.8 Å². The Balaban J connectivity index is 0.000000140. The molecule has 4 aromatic rings. The van der Waals surface area contributed by atoms with Crippen LogP contribution in [0.4, 0.5) is 81.5 Å². The minimum atomic E-state index is -4.59. The summed E-state index contributed by atoms with van der Waals surface area (Å²) in [7, 11) is 0. The average Bonchev–Trinajstić information content (AvgIpc) is 1.64. The number of nitrogens with one attached hydrogen (secondary N) is 10. The third-order valence-corrected chi connectivity index (χ3v) is 21.3.